The molecule has 2 rings (SSSR count). The molecule has 1 saturated heterocycles. The van der Waals surface area contributed by atoms with Crippen molar-refractivity contribution in [2.24, 2.45) is 23.7 Å². The van der Waals surface area contributed by atoms with Crippen LogP contribution in [0.15, 0.2) is 30.3 Å². The van der Waals surface area contributed by atoms with E-state index in [4.69, 9.17) is 9.47 Å². The zero-order valence-electron chi connectivity index (χ0n) is 33.3. The van der Waals surface area contributed by atoms with Gasteiger partial charge in [-0.1, -0.05) is 78.3 Å². The number of carbonyl (C=O) groups excluding carboxylic acids is 4. The molecule has 1 aliphatic heterocycles. The van der Waals surface area contributed by atoms with E-state index in [9.17, 15) is 34.2 Å². The quantitative estimate of drug-likeness (QED) is 0.118. The van der Waals surface area contributed by atoms with Crippen LogP contribution >= 0.6 is 0 Å². The van der Waals surface area contributed by atoms with E-state index in [1.54, 1.807) is 45.0 Å². The summed E-state index contributed by atoms with van der Waals surface area (Å²) in [6.07, 6.45) is 0.578. The van der Waals surface area contributed by atoms with Gasteiger partial charge in [0, 0.05) is 46.8 Å². The summed E-state index contributed by atoms with van der Waals surface area (Å²) in [6.45, 7) is 11.2. The normalized spacial score (nSPS) is 19.6. The topological polar surface area (TPSA) is 187 Å². The van der Waals surface area contributed by atoms with Crippen LogP contribution in [-0.2, 0) is 39.9 Å². The Morgan fingerprint density at radius 3 is 2.09 bits per heavy atom. The van der Waals surface area contributed by atoms with Crippen molar-refractivity contribution in [2.45, 2.75) is 116 Å². The van der Waals surface area contributed by atoms with Crippen molar-refractivity contribution >= 4 is 29.6 Å². The van der Waals surface area contributed by atoms with Crippen LogP contribution in [0.4, 0.5) is 0 Å². The third kappa shape index (κ3) is 12.2. The zero-order chi connectivity index (χ0) is 40.0. The minimum absolute atomic E-state index is 0.0413. The largest absolute Gasteiger partial charge is 0.480 e. The van der Waals surface area contributed by atoms with Crippen molar-refractivity contribution in [2.75, 3.05) is 41.5 Å². The minimum atomic E-state index is -1.15. The number of methoxy groups -OCH3 is 2. The predicted molar refractivity (Wildman–Crippen MR) is 202 cm³/mol. The third-order valence-electron chi connectivity index (χ3n) is 10.8. The molecule has 14 nitrogen and oxygen atoms in total. The highest BCUT2D eigenvalue weighted by molar-refractivity contribution is 5.90. The summed E-state index contributed by atoms with van der Waals surface area (Å²) >= 11 is 0. The fourth-order valence-corrected chi connectivity index (χ4v) is 7.44. The Labute approximate surface area is 315 Å². The molecule has 5 N–H and O–H groups in total. The summed E-state index contributed by atoms with van der Waals surface area (Å²) in [5.41, 5.74) is 0.774. The summed E-state index contributed by atoms with van der Waals surface area (Å²) in [4.78, 5) is 70.3. The number of aliphatic hydroxyl groups is 1. The molecule has 1 heterocycles. The molecule has 0 bridgehead atoms. The first-order valence-corrected chi connectivity index (χ1v) is 18.8. The molecule has 300 valence electrons. The van der Waals surface area contributed by atoms with Gasteiger partial charge in [-0.05, 0) is 37.3 Å². The lowest BCUT2D eigenvalue weighted by Gasteiger charge is -2.41. The fourth-order valence-electron chi connectivity index (χ4n) is 7.44. The molecule has 0 aliphatic carbocycles. The van der Waals surface area contributed by atoms with Gasteiger partial charge in [-0.25, -0.2) is 4.79 Å². The molecule has 53 heavy (non-hydrogen) atoms. The molecule has 1 aliphatic rings. The van der Waals surface area contributed by atoms with Crippen molar-refractivity contribution in [3.8, 4) is 0 Å². The average molecular weight is 748 g/mol. The van der Waals surface area contributed by atoms with Crippen molar-refractivity contribution < 1.29 is 43.7 Å². The number of nitrogens with zero attached hydrogens (tertiary/aromatic N) is 2. The van der Waals surface area contributed by atoms with E-state index >= 15 is 0 Å². The van der Waals surface area contributed by atoms with Crippen LogP contribution in [0, 0.1) is 23.7 Å². The molecule has 0 aromatic heterocycles. The number of aliphatic carboxylic acids is 1. The molecule has 1 aromatic carbocycles. The third-order valence-corrected chi connectivity index (χ3v) is 10.8. The molecule has 1 unspecified atom stereocenters. The van der Waals surface area contributed by atoms with E-state index in [0.717, 1.165) is 5.56 Å². The Morgan fingerprint density at radius 2 is 1.58 bits per heavy atom. The van der Waals surface area contributed by atoms with E-state index in [1.165, 1.54) is 19.1 Å². The molecule has 0 radical (unpaired) electrons. The first-order chi connectivity index (χ1) is 25.1. The van der Waals surface area contributed by atoms with E-state index in [1.807, 2.05) is 45.9 Å². The van der Waals surface area contributed by atoms with Gasteiger partial charge in [-0.15, -0.1) is 0 Å². The standard InChI is InChI=1S/C39H65N5O9/c1-11-24(4)34(43(8)38(49)33(25(5)22-45)42-37(48)32(40-7)23(2)3)30(52-9)21-31(46)44-19-15-18-29(44)35(53-10)26(6)36(47)41-28(39(50)51)20-27-16-13-12-14-17-27/h12-14,16-17,23-26,28-30,32-35,40,45H,11,15,18-22H2,1-10H3,(H,41,47)(H,42,48)(H,50,51)/t24-,25?,26+,28-,29-,30+,32-,33-,34-,35+/m0/s1. The van der Waals surface area contributed by atoms with Gasteiger partial charge in [0.15, 0.2) is 0 Å². The number of amides is 4. The number of ether oxygens (including phenoxy) is 2. The van der Waals surface area contributed by atoms with Gasteiger partial charge in [-0.2, -0.15) is 0 Å². The summed E-state index contributed by atoms with van der Waals surface area (Å²) < 4.78 is 11.8. The van der Waals surface area contributed by atoms with E-state index in [0.29, 0.717) is 25.8 Å². The number of carboxylic acid groups (broad SMARTS) is 1. The number of nitrogens with one attached hydrogen (secondary N) is 3. The first kappa shape index (κ1) is 45.6. The van der Waals surface area contributed by atoms with Crippen molar-refractivity contribution in [1.82, 2.24) is 25.8 Å². The summed E-state index contributed by atoms with van der Waals surface area (Å²) in [5.74, 6) is -4.11. The van der Waals surface area contributed by atoms with Gasteiger partial charge in [0.05, 0.1) is 42.7 Å². The molecule has 0 saturated carbocycles. The average Bonchev–Trinajstić information content (AvgIpc) is 3.62. The monoisotopic (exact) mass is 747 g/mol. The molecule has 1 fully saturated rings. The lowest BCUT2D eigenvalue weighted by Crippen LogP contribution is -2.60. The number of likely N-dealkylation sites (tertiary alicyclic amines) is 1. The number of carboxylic acids is 1. The summed E-state index contributed by atoms with van der Waals surface area (Å²) in [6, 6.07) is 5.36. The second kappa shape index (κ2) is 21.9. The Bertz CT molecular complexity index is 1330. The van der Waals surface area contributed by atoms with Gasteiger partial charge >= 0.3 is 5.97 Å². The fraction of sp³-hybridized carbons (Fsp3) is 0.718. The zero-order valence-corrected chi connectivity index (χ0v) is 33.3. The van der Waals surface area contributed by atoms with Crippen LogP contribution in [0.2, 0.25) is 0 Å². The number of hydrogen-bond acceptors (Lipinski definition) is 9. The smallest absolute Gasteiger partial charge is 0.326 e. The van der Waals surface area contributed by atoms with Crippen LogP contribution in [-0.4, -0.2) is 133 Å². The highest BCUT2D eigenvalue weighted by Crippen LogP contribution is 2.30. The molecule has 0 spiro atoms. The van der Waals surface area contributed by atoms with Gasteiger partial charge in [0.25, 0.3) is 0 Å². The Kier molecular flexibility index (Phi) is 18.9. The molecule has 1 aromatic rings. The second-order valence-electron chi connectivity index (χ2n) is 14.8. The summed E-state index contributed by atoms with van der Waals surface area (Å²) in [7, 11) is 6.30. The van der Waals surface area contributed by atoms with E-state index < -0.39 is 72.0 Å². The summed E-state index contributed by atoms with van der Waals surface area (Å²) in [5, 5.41) is 28.4. The van der Waals surface area contributed by atoms with Gasteiger partial charge < -0.3 is 45.4 Å². The molecule has 14 heteroatoms. The molecule has 10 atom stereocenters. The lowest BCUT2D eigenvalue weighted by atomic mass is 9.89. The lowest BCUT2D eigenvalue weighted by molar-refractivity contribution is -0.148. The SMILES string of the molecule is CC[C@H](C)[C@@H]([C@@H](CC(=O)N1CCC[C@H]1[C@H](OC)[C@@H](C)C(=O)N[C@@H](Cc1ccccc1)C(=O)O)OC)N(C)C(=O)[C@@H](NC(=O)[C@@H](NC)C(C)C)C(C)CO. The second-order valence-corrected chi connectivity index (χ2v) is 14.8. The highest BCUT2D eigenvalue weighted by atomic mass is 16.5. The minimum Gasteiger partial charge on any atom is -0.480 e. The van der Waals surface area contributed by atoms with Crippen LogP contribution in [0.3, 0.4) is 0 Å². The Hall–Kier alpha value is -3.59. The maximum Gasteiger partial charge on any atom is 0.326 e. The van der Waals surface area contributed by atoms with E-state index in [2.05, 4.69) is 16.0 Å². The highest BCUT2D eigenvalue weighted by Gasteiger charge is 2.43. The number of carbonyl (C=O) groups is 5. The Morgan fingerprint density at radius 1 is 0.943 bits per heavy atom. The van der Waals surface area contributed by atoms with Gasteiger partial charge in [0.1, 0.15) is 12.1 Å². The van der Waals surface area contributed by atoms with Crippen LogP contribution < -0.4 is 16.0 Å². The van der Waals surface area contributed by atoms with E-state index in [-0.39, 0.29) is 43.1 Å². The number of likely N-dealkylation sites (N-methyl/N-ethyl adjacent to an activating group) is 2. The maximum atomic E-state index is 14.2. The van der Waals surface area contributed by atoms with Crippen LogP contribution in [0.25, 0.3) is 0 Å². The van der Waals surface area contributed by atoms with Gasteiger partial charge in [0.2, 0.25) is 23.6 Å². The number of rotatable bonds is 22. The molecular formula is C39H65N5O9. The molecule has 4 amide bonds. The van der Waals surface area contributed by atoms with Crippen molar-refractivity contribution in [1.29, 1.82) is 0 Å². The number of benzene rings is 1. The van der Waals surface area contributed by atoms with Crippen LogP contribution in [0.5, 0.6) is 0 Å². The predicted octanol–water partition coefficient (Wildman–Crippen LogP) is 2.08. The van der Waals surface area contributed by atoms with Crippen molar-refractivity contribution in [3.05, 3.63) is 35.9 Å². The van der Waals surface area contributed by atoms with Gasteiger partial charge in [-0.3, -0.25) is 19.2 Å². The molecular weight excluding hydrogens is 682 g/mol. The van der Waals surface area contributed by atoms with Crippen molar-refractivity contribution in [3.63, 3.8) is 0 Å². The number of aliphatic hydroxyl groups excluding tert-OH is 1. The first-order valence-electron chi connectivity index (χ1n) is 18.8. The Balaban J connectivity index is 2.29. The number of hydrogen-bond donors (Lipinski definition) is 5. The van der Waals surface area contributed by atoms with Crippen LogP contribution in [0.1, 0.15) is 72.8 Å². The maximum absolute atomic E-state index is 14.2.